The van der Waals surface area contributed by atoms with Gasteiger partial charge in [-0.1, -0.05) is 48.5 Å². The Balaban J connectivity index is 1.79. The van der Waals surface area contributed by atoms with Crippen molar-refractivity contribution in [1.29, 1.82) is 5.26 Å². The second-order valence-corrected chi connectivity index (χ2v) is 11.7. The topological polar surface area (TPSA) is 52.9 Å². The molecular weight excluding hydrogens is 340 g/mol. The Morgan fingerprint density at radius 1 is 1.27 bits per heavy atom. The lowest BCUT2D eigenvalue weighted by atomic mass is 9.77. The number of amides is 1. The predicted octanol–water partition coefficient (Wildman–Crippen LogP) is 5.78. The van der Waals surface area contributed by atoms with Gasteiger partial charge in [-0.15, -0.1) is 11.3 Å². The number of thiophene rings is 1. The molecule has 3 nitrogen and oxygen atoms in total. The molecule has 26 heavy (non-hydrogen) atoms. The molecule has 1 aromatic heterocycles. The van der Waals surface area contributed by atoms with E-state index in [0.29, 0.717) is 16.9 Å². The van der Waals surface area contributed by atoms with E-state index in [1.54, 1.807) is 11.3 Å². The number of anilines is 1. The number of nitrogens with zero attached hydrogens (tertiary/aromatic N) is 1. The zero-order valence-corrected chi connectivity index (χ0v) is 18.1. The van der Waals surface area contributed by atoms with Crippen molar-refractivity contribution in [3.63, 3.8) is 0 Å². The van der Waals surface area contributed by atoms with Crippen LogP contribution in [0.3, 0.4) is 0 Å². The van der Waals surface area contributed by atoms with E-state index in [-0.39, 0.29) is 22.7 Å². The number of rotatable bonds is 3. The Labute approximate surface area is 162 Å². The fourth-order valence-electron chi connectivity index (χ4n) is 4.94. The zero-order chi connectivity index (χ0) is 19.5. The third kappa shape index (κ3) is 3.20. The van der Waals surface area contributed by atoms with Crippen molar-refractivity contribution in [3.8, 4) is 6.07 Å². The van der Waals surface area contributed by atoms with Crippen LogP contribution >= 0.6 is 11.3 Å². The molecule has 1 atom stereocenters. The minimum absolute atomic E-state index is 0.00862. The lowest BCUT2D eigenvalue weighted by molar-refractivity contribution is -0.118. The van der Waals surface area contributed by atoms with Gasteiger partial charge in [0, 0.05) is 10.8 Å². The van der Waals surface area contributed by atoms with E-state index in [2.05, 4.69) is 59.9 Å². The number of hydrogen-bond donors (Lipinski definition) is 1. The zero-order valence-electron chi connectivity index (χ0n) is 17.2. The minimum atomic E-state index is 0.00862. The number of fused-ring (bicyclic) bond motifs is 1. The van der Waals surface area contributed by atoms with Crippen molar-refractivity contribution in [2.75, 3.05) is 5.32 Å². The second kappa shape index (κ2) is 6.09. The van der Waals surface area contributed by atoms with Gasteiger partial charge in [-0.05, 0) is 53.4 Å². The van der Waals surface area contributed by atoms with Gasteiger partial charge in [0.1, 0.15) is 11.1 Å². The smallest absolute Gasteiger partial charge is 0.229 e. The van der Waals surface area contributed by atoms with Crippen molar-refractivity contribution in [2.24, 2.45) is 28.1 Å². The average Bonchev–Trinajstić information content (AvgIpc) is 2.74. The molecular formula is C22H32N2OS. The van der Waals surface area contributed by atoms with Crippen molar-refractivity contribution in [2.45, 2.75) is 74.1 Å². The first-order valence-electron chi connectivity index (χ1n) is 9.74. The third-order valence-electron chi connectivity index (χ3n) is 6.90. The highest BCUT2D eigenvalue weighted by atomic mass is 32.1. The molecule has 0 radical (unpaired) electrons. The van der Waals surface area contributed by atoms with Gasteiger partial charge in [0.25, 0.3) is 0 Å². The van der Waals surface area contributed by atoms with Crippen molar-refractivity contribution in [1.82, 2.24) is 0 Å². The Kier molecular flexibility index (Phi) is 4.55. The number of carbonyl (C=O) groups is 1. The molecule has 1 heterocycles. The van der Waals surface area contributed by atoms with Gasteiger partial charge in [-0.25, -0.2) is 0 Å². The molecule has 4 heteroatoms. The molecule has 0 bridgehead atoms. The normalized spacial score (nSPS) is 23.8. The molecule has 0 aromatic carbocycles. The maximum atomic E-state index is 12.8. The molecule has 3 rings (SSSR count). The largest absolute Gasteiger partial charge is 0.316 e. The summed E-state index contributed by atoms with van der Waals surface area (Å²) in [5, 5.41) is 13.6. The van der Waals surface area contributed by atoms with E-state index in [4.69, 9.17) is 0 Å². The standard InChI is InChI=1S/C22H32N2OS/c1-20(2,3)11-13-8-9-14-15(12-23)19(26-16(14)10-13)24-18(25)17-21(4,5)22(17,6)7/h13,17H,8-11H2,1-7H3,(H,24,25). The molecule has 0 aliphatic heterocycles. The fourth-order valence-corrected chi connectivity index (χ4v) is 6.25. The van der Waals surface area contributed by atoms with Crippen LogP contribution in [0.4, 0.5) is 5.00 Å². The Morgan fingerprint density at radius 2 is 1.88 bits per heavy atom. The Morgan fingerprint density at radius 3 is 2.38 bits per heavy atom. The summed E-state index contributed by atoms with van der Waals surface area (Å²) < 4.78 is 0. The maximum absolute atomic E-state index is 12.8. The third-order valence-corrected chi connectivity index (χ3v) is 8.07. The fraction of sp³-hybridized carbons (Fsp3) is 0.727. The van der Waals surface area contributed by atoms with Crippen LogP contribution in [0, 0.1) is 39.4 Å². The summed E-state index contributed by atoms with van der Waals surface area (Å²) in [4.78, 5) is 14.1. The van der Waals surface area contributed by atoms with Gasteiger partial charge >= 0.3 is 0 Å². The average molecular weight is 373 g/mol. The van der Waals surface area contributed by atoms with Gasteiger partial charge < -0.3 is 5.32 Å². The van der Waals surface area contributed by atoms with Crippen LogP contribution in [-0.4, -0.2) is 5.91 Å². The highest BCUT2D eigenvalue weighted by molar-refractivity contribution is 7.16. The van der Waals surface area contributed by atoms with E-state index >= 15 is 0 Å². The van der Waals surface area contributed by atoms with Crippen molar-refractivity contribution < 1.29 is 4.79 Å². The SMILES string of the molecule is CC(C)(C)CC1CCc2c(sc(NC(=O)C3C(C)(C)C3(C)C)c2C#N)C1. The number of nitrogens with one attached hydrogen (secondary N) is 1. The van der Waals surface area contributed by atoms with Crippen molar-refractivity contribution in [3.05, 3.63) is 16.0 Å². The van der Waals surface area contributed by atoms with Crippen LogP contribution in [0.2, 0.25) is 0 Å². The van der Waals surface area contributed by atoms with Gasteiger partial charge in [0.05, 0.1) is 5.56 Å². The van der Waals surface area contributed by atoms with Crippen LogP contribution in [-0.2, 0) is 17.6 Å². The van der Waals surface area contributed by atoms with Crippen LogP contribution in [0.15, 0.2) is 0 Å². The summed E-state index contributed by atoms with van der Waals surface area (Å²) in [5.41, 5.74) is 2.26. The highest BCUT2D eigenvalue weighted by Gasteiger charge is 2.68. The van der Waals surface area contributed by atoms with Crippen LogP contribution in [0.1, 0.15) is 77.3 Å². The molecule has 1 saturated carbocycles. The predicted molar refractivity (Wildman–Crippen MR) is 108 cm³/mol. The quantitative estimate of drug-likeness (QED) is 0.731. The van der Waals surface area contributed by atoms with E-state index in [0.717, 1.165) is 24.3 Å². The van der Waals surface area contributed by atoms with E-state index in [9.17, 15) is 10.1 Å². The minimum Gasteiger partial charge on any atom is -0.316 e. The van der Waals surface area contributed by atoms with E-state index in [1.165, 1.54) is 16.9 Å². The summed E-state index contributed by atoms with van der Waals surface area (Å²) in [6.07, 6.45) is 4.36. The van der Waals surface area contributed by atoms with Crippen LogP contribution in [0.5, 0.6) is 0 Å². The molecule has 1 unspecified atom stereocenters. The van der Waals surface area contributed by atoms with Gasteiger partial charge in [0.2, 0.25) is 5.91 Å². The second-order valence-electron chi connectivity index (χ2n) is 10.6. The van der Waals surface area contributed by atoms with Gasteiger partial charge in [-0.2, -0.15) is 5.26 Å². The monoisotopic (exact) mass is 372 g/mol. The van der Waals surface area contributed by atoms with E-state index < -0.39 is 0 Å². The summed E-state index contributed by atoms with van der Waals surface area (Å²) >= 11 is 1.64. The first-order chi connectivity index (χ1) is 11.9. The Hall–Kier alpha value is -1.34. The molecule has 1 fully saturated rings. The van der Waals surface area contributed by atoms with Crippen molar-refractivity contribution >= 4 is 22.2 Å². The lowest BCUT2D eigenvalue weighted by Crippen LogP contribution is -2.19. The molecule has 1 N–H and O–H groups in total. The first kappa shape index (κ1) is 19.4. The van der Waals surface area contributed by atoms with Gasteiger partial charge in [0.15, 0.2) is 0 Å². The lowest BCUT2D eigenvalue weighted by Gasteiger charge is -2.28. The summed E-state index contributed by atoms with van der Waals surface area (Å²) in [7, 11) is 0. The summed E-state index contributed by atoms with van der Waals surface area (Å²) in [6.45, 7) is 15.5. The maximum Gasteiger partial charge on any atom is 0.229 e. The molecule has 2 aliphatic carbocycles. The van der Waals surface area contributed by atoms with E-state index in [1.807, 2.05) is 0 Å². The molecule has 142 valence electrons. The summed E-state index contributed by atoms with van der Waals surface area (Å²) in [5.74, 6) is 0.758. The highest BCUT2D eigenvalue weighted by Crippen LogP contribution is 2.68. The van der Waals surface area contributed by atoms with Crippen LogP contribution in [0.25, 0.3) is 0 Å². The number of nitriles is 1. The van der Waals surface area contributed by atoms with Gasteiger partial charge in [-0.3, -0.25) is 4.79 Å². The number of carbonyl (C=O) groups excluding carboxylic acids is 1. The molecule has 0 spiro atoms. The molecule has 0 saturated heterocycles. The summed E-state index contributed by atoms with van der Waals surface area (Å²) in [6, 6.07) is 2.37. The number of hydrogen-bond acceptors (Lipinski definition) is 3. The molecule has 1 amide bonds. The Bertz CT molecular complexity index is 759. The molecule has 1 aromatic rings. The molecule has 2 aliphatic rings. The first-order valence-corrected chi connectivity index (χ1v) is 10.6. The van der Waals surface area contributed by atoms with Crippen LogP contribution < -0.4 is 5.32 Å².